The zero-order valence-corrected chi connectivity index (χ0v) is 16.7. The fourth-order valence-corrected chi connectivity index (χ4v) is 3.32. The Morgan fingerprint density at radius 2 is 1.90 bits per heavy atom. The molecule has 1 aliphatic rings. The van der Waals surface area contributed by atoms with Crippen molar-refractivity contribution in [3.05, 3.63) is 53.8 Å². The number of amides is 3. The molecule has 0 radical (unpaired) electrons. The Morgan fingerprint density at radius 1 is 1.14 bits per heavy atom. The molecule has 2 aromatic rings. The van der Waals surface area contributed by atoms with Crippen LogP contribution in [0.15, 0.2) is 42.5 Å². The number of rotatable bonds is 5. The molecule has 29 heavy (non-hydrogen) atoms. The van der Waals surface area contributed by atoms with E-state index in [9.17, 15) is 18.8 Å². The van der Waals surface area contributed by atoms with E-state index in [1.807, 2.05) is 24.3 Å². The van der Waals surface area contributed by atoms with Gasteiger partial charge >= 0.3 is 0 Å². The summed E-state index contributed by atoms with van der Waals surface area (Å²) < 4.78 is 14.1. The van der Waals surface area contributed by atoms with Crippen LogP contribution in [0.1, 0.15) is 38.7 Å². The molecule has 1 saturated heterocycles. The Kier molecular flexibility index (Phi) is 5.96. The van der Waals surface area contributed by atoms with E-state index in [0.29, 0.717) is 11.6 Å². The zero-order chi connectivity index (χ0) is 21.1. The largest absolute Gasteiger partial charge is 0.326 e. The maximum Gasteiger partial charge on any atom is 0.229 e. The second kappa shape index (κ2) is 8.43. The minimum atomic E-state index is -0.613. The third kappa shape index (κ3) is 4.80. The minimum Gasteiger partial charge on any atom is -0.326 e. The van der Waals surface area contributed by atoms with E-state index in [1.165, 1.54) is 25.1 Å². The van der Waals surface area contributed by atoms with Gasteiger partial charge in [0.25, 0.3) is 0 Å². The van der Waals surface area contributed by atoms with Gasteiger partial charge in [-0.1, -0.05) is 26.0 Å². The van der Waals surface area contributed by atoms with Crippen LogP contribution < -0.4 is 15.5 Å². The standard InChI is InChI=1S/C22H24FN3O3/c1-13(2)15-5-4-6-18(9-15)26-12-16(10-21(26)28)22(29)25-20-11-17(24-14(3)27)7-8-19(20)23/h4-9,11,13,16H,10,12H2,1-3H3,(H,24,27)(H,25,29). The summed E-state index contributed by atoms with van der Waals surface area (Å²) >= 11 is 0. The number of halogens is 1. The SMILES string of the molecule is CC(=O)Nc1ccc(F)c(NC(=O)C2CC(=O)N(c3cccc(C(C)C)c3)C2)c1. The molecule has 3 amide bonds. The van der Waals surface area contributed by atoms with Crippen LogP contribution in [0.25, 0.3) is 0 Å². The summed E-state index contributed by atoms with van der Waals surface area (Å²) in [5.41, 5.74) is 2.22. The number of hydrogen-bond donors (Lipinski definition) is 2. The predicted molar refractivity (Wildman–Crippen MR) is 110 cm³/mol. The van der Waals surface area contributed by atoms with Gasteiger partial charge in [-0.3, -0.25) is 14.4 Å². The van der Waals surface area contributed by atoms with Crippen molar-refractivity contribution in [3.63, 3.8) is 0 Å². The number of nitrogens with zero attached hydrogens (tertiary/aromatic N) is 1. The van der Waals surface area contributed by atoms with Crippen LogP contribution in [0, 0.1) is 11.7 Å². The first-order valence-electron chi connectivity index (χ1n) is 9.53. The van der Waals surface area contributed by atoms with E-state index in [-0.39, 0.29) is 30.5 Å². The van der Waals surface area contributed by atoms with Crippen LogP contribution in [0.4, 0.5) is 21.5 Å². The summed E-state index contributed by atoms with van der Waals surface area (Å²) in [7, 11) is 0. The Morgan fingerprint density at radius 3 is 2.59 bits per heavy atom. The summed E-state index contributed by atoms with van der Waals surface area (Å²) in [6.07, 6.45) is 0.0603. The number of carbonyl (C=O) groups excluding carboxylic acids is 3. The molecular weight excluding hydrogens is 373 g/mol. The van der Waals surface area contributed by atoms with E-state index in [2.05, 4.69) is 24.5 Å². The molecular formula is C22H24FN3O3. The van der Waals surface area contributed by atoms with E-state index in [1.54, 1.807) is 4.90 Å². The number of anilines is 3. The molecule has 6 nitrogen and oxygen atoms in total. The van der Waals surface area contributed by atoms with E-state index < -0.39 is 17.6 Å². The van der Waals surface area contributed by atoms with Crippen LogP contribution in [-0.2, 0) is 14.4 Å². The Labute approximate surface area is 169 Å². The molecule has 0 bridgehead atoms. The second-order valence-corrected chi connectivity index (χ2v) is 7.52. The van der Waals surface area contributed by atoms with Gasteiger partial charge in [-0.05, 0) is 41.8 Å². The van der Waals surface area contributed by atoms with Gasteiger partial charge in [0.2, 0.25) is 17.7 Å². The number of hydrogen-bond acceptors (Lipinski definition) is 3. The Balaban J connectivity index is 1.73. The molecule has 1 unspecified atom stereocenters. The molecule has 7 heteroatoms. The highest BCUT2D eigenvalue weighted by Gasteiger charge is 2.35. The average molecular weight is 397 g/mol. The predicted octanol–water partition coefficient (Wildman–Crippen LogP) is 3.90. The monoisotopic (exact) mass is 397 g/mol. The molecule has 1 heterocycles. The van der Waals surface area contributed by atoms with Crippen LogP contribution >= 0.6 is 0 Å². The first-order chi connectivity index (χ1) is 13.7. The minimum absolute atomic E-state index is 0.0334. The van der Waals surface area contributed by atoms with Crippen molar-refractivity contribution in [2.45, 2.75) is 33.1 Å². The van der Waals surface area contributed by atoms with Crippen molar-refractivity contribution in [1.29, 1.82) is 0 Å². The van der Waals surface area contributed by atoms with Crippen molar-refractivity contribution < 1.29 is 18.8 Å². The molecule has 2 aromatic carbocycles. The summed E-state index contributed by atoms with van der Waals surface area (Å²) in [6.45, 7) is 5.73. The Bertz CT molecular complexity index is 958. The highest BCUT2D eigenvalue weighted by Crippen LogP contribution is 2.29. The number of carbonyl (C=O) groups is 3. The summed E-state index contributed by atoms with van der Waals surface area (Å²) in [5, 5.41) is 5.09. The smallest absolute Gasteiger partial charge is 0.229 e. The van der Waals surface area contributed by atoms with Gasteiger partial charge in [-0.2, -0.15) is 0 Å². The van der Waals surface area contributed by atoms with Gasteiger partial charge in [0, 0.05) is 31.3 Å². The summed E-state index contributed by atoms with van der Waals surface area (Å²) in [6, 6.07) is 11.6. The van der Waals surface area contributed by atoms with Gasteiger partial charge in [0.05, 0.1) is 11.6 Å². The first-order valence-corrected chi connectivity index (χ1v) is 9.53. The zero-order valence-electron chi connectivity index (χ0n) is 16.7. The molecule has 0 aromatic heterocycles. The van der Waals surface area contributed by atoms with Crippen LogP contribution in [0.3, 0.4) is 0 Å². The summed E-state index contributed by atoms with van der Waals surface area (Å²) in [5.74, 6) is -1.74. The molecule has 152 valence electrons. The van der Waals surface area contributed by atoms with Crippen molar-refractivity contribution in [2.75, 3.05) is 22.1 Å². The van der Waals surface area contributed by atoms with Gasteiger partial charge in [-0.15, -0.1) is 0 Å². The first kappa shape index (κ1) is 20.5. The van der Waals surface area contributed by atoms with Crippen molar-refractivity contribution in [3.8, 4) is 0 Å². The summed E-state index contributed by atoms with van der Waals surface area (Å²) in [4.78, 5) is 37.9. The number of benzene rings is 2. The number of nitrogens with one attached hydrogen (secondary N) is 2. The molecule has 3 rings (SSSR count). The highest BCUT2D eigenvalue weighted by molar-refractivity contribution is 6.03. The lowest BCUT2D eigenvalue weighted by Crippen LogP contribution is -2.28. The molecule has 1 aliphatic heterocycles. The average Bonchev–Trinajstić information content (AvgIpc) is 3.06. The third-order valence-electron chi connectivity index (χ3n) is 4.89. The van der Waals surface area contributed by atoms with E-state index in [0.717, 1.165) is 11.3 Å². The van der Waals surface area contributed by atoms with E-state index in [4.69, 9.17) is 0 Å². The van der Waals surface area contributed by atoms with Crippen molar-refractivity contribution in [2.24, 2.45) is 5.92 Å². The van der Waals surface area contributed by atoms with Crippen molar-refractivity contribution >= 4 is 34.8 Å². The topological polar surface area (TPSA) is 78.5 Å². The van der Waals surface area contributed by atoms with Gasteiger partial charge in [0.1, 0.15) is 5.82 Å². The maximum absolute atomic E-state index is 14.1. The maximum atomic E-state index is 14.1. The molecule has 0 saturated carbocycles. The molecule has 1 atom stereocenters. The lowest BCUT2D eigenvalue weighted by Gasteiger charge is -2.18. The lowest BCUT2D eigenvalue weighted by molar-refractivity contribution is -0.122. The van der Waals surface area contributed by atoms with Gasteiger partial charge in [0.15, 0.2) is 0 Å². The third-order valence-corrected chi connectivity index (χ3v) is 4.89. The Hall–Kier alpha value is -3.22. The highest BCUT2D eigenvalue weighted by atomic mass is 19.1. The van der Waals surface area contributed by atoms with Crippen LogP contribution in [0.2, 0.25) is 0 Å². The molecule has 2 N–H and O–H groups in total. The quantitative estimate of drug-likeness (QED) is 0.803. The van der Waals surface area contributed by atoms with Gasteiger partial charge < -0.3 is 15.5 Å². The van der Waals surface area contributed by atoms with Crippen molar-refractivity contribution in [1.82, 2.24) is 0 Å². The second-order valence-electron chi connectivity index (χ2n) is 7.52. The fourth-order valence-electron chi connectivity index (χ4n) is 3.32. The van der Waals surface area contributed by atoms with Crippen LogP contribution in [0.5, 0.6) is 0 Å². The molecule has 0 aliphatic carbocycles. The van der Waals surface area contributed by atoms with E-state index >= 15 is 0 Å². The normalized spacial score (nSPS) is 16.2. The molecule has 1 fully saturated rings. The van der Waals surface area contributed by atoms with Crippen LogP contribution in [-0.4, -0.2) is 24.3 Å². The van der Waals surface area contributed by atoms with Gasteiger partial charge in [-0.25, -0.2) is 4.39 Å². The molecule has 0 spiro atoms. The lowest BCUT2D eigenvalue weighted by atomic mass is 10.0. The fraction of sp³-hybridized carbons (Fsp3) is 0.318.